The molecule has 0 saturated carbocycles. The van der Waals surface area contributed by atoms with E-state index in [0.717, 1.165) is 23.3 Å². The number of pyridine rings is 1. The number of rotatable bonds is 6. The molecule has 0 bridgehead atoms. The molecule has 3 heterocycles. The van der Waals surface area contributed by atoms with Crippen molar-refractivity contribution in [3.05, 3.63) is 108 Å². The fourth-order valence-electron chi connectivity index (χ4n) is 3.87. The van der Waals surface area contributed by atoms with Crippen LogP contribution in [0.1, 0.15) is 27.2 Å². The van der Waals surface area contributed by atoms with Crippen LogP contribution in [0.25, 0.3) is 16.9 Å². The summed E-state index contributed by atoms with van der Waals surface area (Å²) in [6, 6.07) is 13.7. The van der Waals surface area contributed by atoms with Gasteiger partial charge in [-0.1, -0.05) is 6.07 Å². The second-order valence-corrected chi connectivity index (χ2v) is 9.38. The number of hydrogen-bond acceptors (Lipinski definition) is 10. The summed E-state index contributed by atoms with van der Waals surface area (Å²) in [5.41, 5.74) is 3.09. The van der Waals surface area contributed by atoms with E-state index >= 15 is 0 Å². The first kappa shape index (κ1) is 31.8. The number of hydrogen-bond donors (Lipinski definition) is 2. The number of alkyl halides is 3. The van der Waals surface area contributed by atoms with Gasteiger partial charge in [0.1, 0.15) is 0 Å². The minimum atomic E-state index is -4.60. The number of benzene rings is 2. The normalized spacial score (nSPS) is 10.8. The summed E-state index contributed by atoms with van der Waals surface area (Å²) in [6.07, 6.45) is 3.38. The average molecular weight is 618 g/mol. The van der Waals surface area contributed by atoms with Crippen molar-refractivity contribution in [3.8, 4) is 16.9 Å². The zero-order valence-corrected chi connectivity index (χ0v) is 23.5. The number of carboxylic acids is 2. The van der Waals surface area contributed by atoms with Gasteiger partial charge in [-0.2, -0.15) is 13.2 Å². The summed E-state index contributed by atoms with van der Waals surface area (Å²) in [5.74, 6) is -4.63. The summed E-state index contributed by atoms with van der Waals surface area (Å²) >= 11 is 0. The van der Waals surface area contributed by atoms with Crippen LogP contribution < -0.4 is 20.8 Å². The molecule has 3 aromatic heterocycles. The van der Waals surface area contributed by atoms with Crippen molar-refractivity contribution in [1.82, 2.24) is 24.5 Å². The van der Waals surface area contributed by atoms with E-state index in [2.05, 4.69) is 30.6 Å². The third-order valence-electron chi connectivity index (χ3n) is 6.04. The fraction of sp³-hybridized carbons (Fsp3) is 0.100. The van der Waals surface area contributed by atoms with Crippen molar-refractivity contribution in [3.63, 3.8) is 0 Å². The molecule has 0 atom stereocenters. The molecule has 230 valence electrons. The number of anilines is 3. The largest absolute Gasteiger partial charge is 0.543 e. The molecule has 1 amide bonds. The van der Waals surface area contributed by atoms with Crippen LogP contribution in [-0.2, 0) is 15.8 Å². The van der Waals surface area contributed by atoms with Gasteiger partial charge in [0.25, 0.3) is 5.91 Å². The number of aryl methyl sites for hydroxylation is 2. The van der Waals surface area contributed by atoms with Crippen molar-refractivity contribution in [2.75, 3.05) is 10.6 Å². The minimum Gasteiger partial charge on any atom is -0.543 e. The number of amides is 1. The molecule has 0 radical (unpaired) electrons. The van der Waals surface area contributed by atoms with Crippen LogP contribution >= 0.6 is 0 Å². The Hall–Kier alpha value is -6.12. The molecule has 0 aliphatic carbocycles. The number of aromatic nitrogens is 5. The summed E-state index contributed by atoms with van der Waals surface area (Å²) in [6.45, 7) is 3.58. The third-order valence-corrected chi connectivity index (χ3v) is 6.04. The lowest BCUT2D eigenvalue weighted by atomic mass is 10.1. The van der Waals surface area contributed by atoms with Crippen LogP contribution in [0.3, 0.4) is 0 Å². The Balaban J connectivity index is 0.000000700. The van der Waals surface area contributed by atoms with Crippen LogP contribution in [0.4, 0.5) is 30.5 Å². The lowest BCUT2D eigenvalue weighted by Gasteiger charge is -2.14. The zero-order chi connectivity index (χ0) is 32.7. The molecule has 0 aliphatic rings. The van der Waals surface area contributed by atoms with Gasteiger partial charge in [0.2, 0.25) is 5.95 Å². The first-order chi connectivity index (χ1) is 21.3. The van der Waals surface area contributed by atoms with Gasteiger partial charge >= 0.3 is 6.18 Å². The Morgan fingerprint density at radius 2 is 1.67 bits per heavy atom. The molecule has 0 fully saturated rings. The molecule has 15 heteroatoms. The van der Waals surface area contributed by atoms with Crippen molar-refractivity contribution in [2.24, 2.45) is 0 Å². The van der Waals surface area contributed by atoms with Gasteiger partial charge < -0.3 is 35.0 Å². The van der Waals surface area contributed by atoms with E-state index in [1.54, 1.807) is 62.0 Å². The summed E-state index contributed by atoms with van der Waals surface area (Å²) in [4.78, 5) is 47.9. The van der Waals surface area contributed by atoms with Crippen LogP contribution in [0.2, 0.25) is 0 Å². The first-order valence-corrected chi connectivity index (χ1v) is 12.9. The Bertz CT molecular complexity index is 1850. The number of halogens is 3. The van der Waals surface area contributed by atoms with Crippen molar-refractivity contribution in [2.45, 2.75) is 20.0 Å². The SMILES string of the molecule is Cc1cn(-c2cc(NC(=O)c3ccc(C)c(Nc4nccc(-c5cccnc5)n4)c3)cc(C(F)(F)F)c2)cn1.O=C([O-])C(=O)[O-]. The van der Waals surface area contributed by atoms with Gasteiger partial charge in [0.05, 0.1) is 35.2 Å². The van der Waals surface area contributed by atoms with Crippen molar-refractivity contribution in [1.29, 1.82) is 0 Å². The lowest BCUT2D eigenvalue weighted by molar-refractivity contribution is -0.345. The number of carbonyl (C=O) groups is 3. The molecule has 0 aliphatic heterocycles. The maximum Gasteiger partial charge on any atom is 0.416 e. The van der Waals surface area contributed by atoms with Crippen molar-refractivity contribution < 1.29 is 37.8 Å². The minimum absolute atomic E-state index is 0.00114. The number of nitrogens with one attached hydrogen (secondary N) is 2. The topological polar surface area (TPSA) is 178 Å². The van der Waals surface area contributed by atoms with E-state index in [1.165, 1.54) is 17.0 Å². The number of carbonyl (C=O) groups excluding carboxylic acids is 3. The van der Waals surface area contributed by atoms with Crippen LogP contribution in [0.5, 0.6) is 0 Å². The molecule has 0 unspecified atom stereocenters. The quantitative estimate of drug-likeness (QED) is 0.269. The van der Waals surface area contributed by atoms with Gasteiger partial charge in [-0.05, 0) is 67.9 Å². The van der Waals surface area contributed by atoms with E-state index in [0.29, 0.717) is 23.0 Å². The van der Waals surface area contributed by atoms with Crippen LogP contribution in [-0.4, -0.2) is 42.3 Å². The smallest absolute Gasteiger partial charge is 0.416 e. The van der Waals surface area contributed by atoms with Crippen molar-refractivity contribution >= 4 is 35.2 Å². The lowest BCUT2D eigenvalue weighted by Crippen LogP contribution is -2.42. The molecular formula is C30H22F3N7O5-2. The summed E-state index contributed by atoms with van der Waals surface area (Å²) < 4.78 is 42.3. The van der Waals surface area contributed by atoms with E-state index in [9.17, 15) is 18.0 Å². The van der Waals surface area contributed by atoms with Gasteiger partial charge in [0.15, 0.2) is 0 Å². The Labute approximate surface area is 253 Å². The summed E-state index contributed by atoms with van der Waals surface area (Å²) in [5, 5.41) is 23.6. The third kappa shape index (κ3) is 8.47. The van der Waals surface area contributed by atoms with Gasteiger partial charge in [-0.25, -0.2) is 15.0 Å². The second kappa shape index (κ2) is 13.5. The predicted octanol–water partition coefficient (Wildman–Crippen LogP) is 2.84. The zero-order valence-electron chi connectivity index (χ0n) is 23.5. The summed E-state index contributed by atoms with van der Waals surface area (Å²) in [7, 11) is 0. The van der Waals surface area contributed by atoms with Gasteiger partial charge in [-0.3, -0.25) is 9.78 Å². The molecule has 45 heavy (non-hydrogen) atoms. The predicted molar refractivity (Wildman–Crippen MR) is 151 cm³/mol. The Morgan fingerprint density at radius 3 is 2.29 bits per heavy atom. The number of carboxylic acid groups (broad SMARTS) is 2. The molecule has 2 N–H and O–H groups in total. The van der Waals surface area contributed by atoms with E-state index < -0.39 is 29.6 Å². The number of imidazole rings is 1. The fourth-order valence-corrected chi connectivity index (χ4v) is 3.87. The molecule has 5 rings (SSSR count). The second-order valence-electron chi connectivity index (χ2n) is 9.38. The van der Waals surface area contributed by atoms with E-state index in [1.807, 2.05) is 13.0 Å². The molecule has 5 aromatic rings. The number of aliphatic carboxylic acids is 2. The maximum absolute atomic E-state index is 13.6. The standard InChI is InChI=1S/C28H22F3N7O.C2H2O4/c1-17-5-6-19(10-25(17)37-27-33-9-7-24(36-27)20-4-3-8-32-14-20)26(39)35-22-11-21(28(29,30)31)12-23(13-22)38-15-18(2)34-16-38;3-1(4)2(5)6/h3-16H,1-2H3,(H,35,39)(H,33,36,37);(H,3,4)(H,5,6)/p-2. The highest BCUT2D eigenvalue weighted by Gasteiger charge is 2.31. The monoisotopic (exact) mass is 617 g/mol. The molecule has 0 spiro atoms. The Kier molecular flexibility index (Phi) is 9.51. The average Bonchev–Trinajstić information content (AvgIpc) is 3.45. The van der Waals surface area contributed by atoms with Crippen LogP contribution in [0.15, 0.2) is 85.7 Å². The highest BCUT2D eigenvalue weighted by atomic mass is 19.4. The molecule has 0 saturated heterocycles. The highest BCUT2D eigenvalue weighted by molar-refractivity contribution is 6.25. The van der Waals surface area contributed by atoms with Gasteiger partial charge in [0, 0.05) is 53.0 Å². The molecule has 2 aromatic carbocycles. The first-order valence-electron chi connectivity index (χ1n) is 12.9. The highest BCUT2D eigenvalue weighted by Crippen LogP contribution is 2.33. The van der Waals surface area contributed by atoms with E-state index in [-0.39, 0.29) is 16.9 Å². The van der Waals surface area contributed by atoms with E-state index in [4.69, 9.17) is 19.8 Å². The van der Waals surface area contributed by atoms with Crippen LogP contribution in [0, 0.1) is 13.8 Å². The number of nitrogens with zero attached hydrogens (tertiary/aromatic N) is 5. The molecular weight excluding hydrogens is 595 g/mol. The molecule has 12 nitrogen and oxygen atoms in total. The maximum atomic E-state index is 13.6. The Morgan fingerprint density at radius 1 is 0.911 bits per heavy atom. The van der Waals surface area contributed by atoms with Gasteiger partial charge in [-0.15, -0.1) is 0 Å².